The topological polar surface area (TPSA) is 4.93 Å². The Bertz CT molecular complexity index is 916. The predicted molar refractivity (Wildman–Crippen MR) is 106 cm³/mol. The van der Waals surface area contributed by atoms with Crippen LogP contribution in [-0.2, 0) is 0 Å². The highest BCUT2D eigenvalue weighted by molar-refractivity contribution is 14.1. The molecule has 0 aliphatic rings. The van der Waals surface area contributed by atoms with Gasteiger partial charge in [0.1, 0.15) is 0 Å². The first-order valence-electron chi connectivity index (χ1n) is 6.69. The molecule has 1 aromatic heterocycles. The molecule has 0 fully saturated rings. The van der Waals surface area contributed by atoms with E-state index in [1.807, 2.05) is 0 Å². The molecule has 4 aromatic rings. The lowest BCUT2D eigenvalue weighted by Crippen LogP contribution is -1.97. The van der Waals surface area contributed by atoms with E-state index in [4.69, 9.17) is 0 Å². The lowest BCUT2D eigenvalue weighted by molar-refractivity contribution is 1.16. The third-order valence-electron chi connectivity index (χ3n) is 3.73. The second kappa shape index (κ2) is 5.28. The molecule has 0 spiro atoms. The molecule has 0 aliphatic heterocycles. The van der Waals surface area contributed by atoms with Crippen molar-refractivity contribution in [2.24, 2.45) is 0 Å². The third kappa shape index (κ3) is 2.17. The number of benzene rings is 3. The Morgan fingerprint density at radius 1 is 0.667 bits per heavy atom. The van der Waals surface area contributed by atoms with Crippen LogP contribution in [0.3, 0.4) is 0 Å². The highest BCUT2D eigenvalue weighted by Crippen LogP contribution is 2.33. The fourth-order valence-electron chi connectivity index (χ4n) is 2.84. The molecule has 3 aromatic carbocycles. The van der Waals surface area contributed by atoms with Crippen LogP contribution in [0, 0.1) is 7.14 Å². The quantitative estimate of drug-likeness (QED) is 0.286. The van der Waals surface area contributed by atoms with Crippen molar-refractivity contribution < 1.29 is 0 Å². The van der Waals surface area contributed by atoms with E-state index in [2.05, 4.69) is 116 Å². The normalized spacial score (nSPS) is 11.3. The van der Waals surface area contributed by atoms with Gasteiger partial charge in [0, 0.05) is 17.9 Å². The van der Waals surface area contributed by atoms with Crippen molar-refractivity contribution in [3.05, 3.63) is 73.9 Å². The minimum Gasteiger partial charge on any atom is -0.308 e. The number of aromatic nitrogens is 1. The Morgan fingerprint density at radius 2 is 1.24 bits per heavy atom. The van der Waals surface area contributed by atoms with Gasteiger partial charge >= 0.3 is 0 Å². The summed E-state index contributed by atoms with van der Waals surface area (Å²) in [7, 11) is 0. The molecule has 0 aliphatic carbocycles. The summed E-state index contributed by atoms with van der Waals surface area (Å²) in [5, 5.41) is 2.62. The fourth-order valence-corrected chi connectivity index (χ4v) is 3.89. The molecule has 0 bridgehead atoms. The van der Waals surface area contributed by atoms with Gasteiger partial charge in [-0.25, -0.2) is 0 Å². The van der Waals surface area contributed by atoms with Crippen LogP contribution in [0.1, 0.15) is 0 Å². The van der Waals surface area contributed by atoms with E-state index in [-0.39, 0.29) is 0 Å². The highest BCUT2D eigenvalue weighted by Gasteiger charge is 2.13. The maximum atomic E-state index is 2.42. The van der Waals surface area contributed by atoms with Crippen LogP contribution in [0.25, 0.3) is 27.5 Å². The van der Waals surface area contributed by atoms with Crippen LogP contribution in [0.4, 0.5) is 0 Å². The molecule has 0 saturated heterocycles. The molecule has 4 rings (SSSR count). The molecule has 1 nitrogen and oxygen atoms in total. The maximum absolute atomic E-state index is 2.42. The summed E-state index contributed by atoms with van der Waals surface area (Å²) in [6.07, 6.45) is 0. The molecular weight excluding hydrogens is 484 g/mol. The molecule has 0 saturated carbocycles. The van der Waals surface area contributed by atoms with E-state index >= 15 is 0 Å². The van der Waals surface area contributed by atoms with E-state index in [0.717, 1.165) is 0 Å². The van der Waals surface area contributed by atoms with Crippen LogP contribution >= 0.6 is 45.2 Å². The van der Waals surface area contributed by atoms with E-state index < -0.39 is 0 Å². The van der Waals surface area contributed by atoms with Crippen molar-refractivity contribution in [2.45, 2.75) is 0 Å². The van der Waals surface area contributed by atoms with Gasteiger partial charge < -0.3 is 4.57 Å². The van der Waals surface area contributed by atoms with Crippen molar-refractivity contribution >= 4 is 67.0 Å². The monoisotopic (exact) mass is 495 g/mol. The van der Waals surface area contributed by atoms with Crippen molar-refractivity contribution in [2.75, 3.05) is 0 Å². The Morgan fingerprint density at radius 3 is 1.86 bits per heavy atom. The minimum atomic E-state index is 1.25. The standard InChI is InChI=1S/C18H11I2N/c19-12-9-10-15(20)18(11-12)21-16-7-3-1-5-13(16)14-6-2-4-8-17(14)21/h1-11H. The third-order valence-corrected chi connectivity index (χ3v) is 5.31. The molecule has 0 atom stereocenters. The maximum Gasteiger partial charge on any atom is 0.0606 e. The Hall–Kier alpha value is -1.08. The number of halogens is 2. The molecule has 0 radical (unpaired) electrons. The zero-order valence-electron chi connectivity index (χ0n) is 11.1. The van der Waals surface area contributed by atoms with Gasteiger partial charge in [-0.3, -0.25) is 0 Å². The summed E-state index contributed by atoms with van der Waals surface area (Å²) < 4.78 is 4.89. The zero-order valence-corrected chi connectivity index (χ0v) is 15.4. The van der Waals surface area contributed by atoms with Gasteiger partial charge in [0.25, 0.3) is 0 Å². The molecular formula is C18H11I2N. The lowest BCUT2D eigenvalue weighted by Gasteiger charge is -2.10. The first-order valence-corrected chi connectivity index (χ1v) is 8.85. The molecule has 0 N–H and O–H groups in total. The van der Waals surface area contributed by atoms with Crippen molar-refractivity contribution in [3.63, 3.8) is 0 Å². The minimum absolute atomic E-state index is 1.25. The van der Waals surface area contributed by atoms with E-state index in [0.29, 0.717) is 0 Å². The molecule has 0 amide bonds. The SMILES string of the molecule is Ic1ccc(I)c(-n2c3ccccc3c3ccccc32)c1. The van der Waals surface area contributed by atoms with Gasteiger partial charge in [-0.1, -0.05) is 36.4 Å². The number of rotatable bonds is 1. The van der Waals surface area contributed by atoms with Crippen LogP contribution in [0.2, 0.25) is 0 Å². The number of hydrogen-bond donors (Lipinski definition) is 0. The summed E-state index contributed by atoms with van der Waals surface area (Å²) in [5.41, 5.74) is 3.78. The Kier molecular flexibility index (Phi) is 3.41. The van der Waals surface area contributed by atoms with E-state index in [1.165, 1.54) is 34.6 Å². The predicted octanol–water partition coefficient (Wildman–Crippen LogP) is 5.99. The van der Waals surface area contributed by atoms with E-state index in [9.17, 15) is 0 Å². The molecule has 1 heterocycles. The second-order valence-electron chi connectivity index (χ2n) is 4.97. The smallest absolute Gasteiger partial charge is 0.0606 e. The Labute approximate surface area is 150 Å². The van der Waals surface area contributed by atoms with Gasteiger partial charge in [0.2, 0.25) is 0 Å². The average Bonchev–Trinajstić information content (AvgIpc) is 2.84. The van der Waals surface area contributed by atoms with Gasteiger partial charge in [-0.2, -0.15) is 0 Å². The largest absolute Gasteiger partial charge is 0.308 e. The zero-order chi connectivity index (χ0) is 14.4. The molecule has 3 heteroatoms. The molecule has 102 valence electrons. The van der Waals surface area contributed by atoms with Crippen LogP contribution in [0.15, 0.2) is 66.7 Å². The summed E-state index contributed by atoms with van der Waals surface area (Å²) in [4.78, 5) is 0. The van der Waals surface area contributed by atoms with Crippen LogP contribution in [0.5, 0.6) is 0 Å². The van der Waals surface area contributed by atoms with Gasteiger partial charge in [-0.15, -0.1) is 0 Å². The van der Waals surface area contributed by atoms with Crippen molar-refractivity contribution in [3.8, 4) is 5.69 Å². The first kappa shape index (κ1) is 13.6. The summed E-state index contributed by atoms with van der Waals surface area (Å²) in [6, 6.07) is 23.8. The Balaban J connectivity index is 2.23. The van der Waals surface area contributed by atoms with Crippen molar-refractivity contribution in [1.29, 1.82) is 0 Å². The van der Waals surface area contributed by atoms with Crippen LogP contribution in [-0.4, -0.2) is 4.57 Å². The molecule has 21 heavy (non-hydrogen) atoms. The summed E-state index contributed by atoms with van der Waals surface area (Å²) >= 11 is 4.80. The molecule has 0 unspecified atom stereocenters. The number of para-hydroxylation sites is 2. The lowest BCUT2D eigenvalue weighted by atomic mass is 10.2. The van der Waals surface area contributed by atoms with Gasteiger partial charge in [0.15, 0.2) is 0 Å². The summed E-state index contributed by atoms with van der Waals surface area (Å²) in [5.74, 6) is 0. The van der Waals surface area contributed by atoms with Crippen LogP contribution < -0.4 is 0 Å². The number of fused-ring (bicyclic) bond motifs is 3. The highest BCUT2D eigenvalue weighted by atomic mass is 127. The average molecular weight is 495 g/mol. The number of hydrogen-bond acceptors (Lipinski definition) is 0. The summed E-state index contributed by atoms with van der Waals surface area (Å²) in [6.45, 7) is 0. The van der Waals surface area contributed by atoms with Crippen molar-refractivity contribution in [1.82, 2.24) is 4.57 Å². The van der Waals surface area contributed by atoms with E-state index in [1.54, 1.807) is 0 Å². The fraction of sp³-hybridized carbons (Fsp3) is 0. The van der Waals surface area contributed by atoms with Gasteiger partial charge in [-0.05, 0) is 75.5 Å². The van der Waals surface area contributed by atoms with Gasteiger partial charge in [0.05, 0.1) is 16.7 Å². The first-order chi connectivity index (χ1) is 10.3. The number of nitrogens with zero attached hydrogens (tertiary/aromatic N) is 1. The second-order valence-corrected chi connectivity index (χ2v) is 7.37.